The van der Waals surface area contributed by atoms with Gasteiger partial charge in [-0.3, -0.25) is 4.79 Å². The molecule has 0 bridgehead atoms. The Morgan fingerprint density at radius 1 is 1.38 bits per heavy atom. The Hall–Kier alpha value is -1.59. The first-order valence-corrected chi connectivity index (χ1v) is 6.88. The number of rotatable bonds is 3. The van der Waals surface area contributed by atoms with Gasteiger partial charge >= 0.3 is 6.18 Å². The lowest BCUT2D eigenvalue weighted by atomic mass is 10.0. The van der Waals surface area contributed by atoms with Crippen molar-refractivity contribution in [2.75, 3.05) is 6.54 Å². The zero-order valence-corrected chi connectivity index (χ0v) is 11.7. The molecule has 2 atom stereocenters. The van der Waals surface area contributed by atoms with Gasteiger partial charge in [-0.2, -0.15) is 13.2 Å². The quantitative estimate of drug-likeness (QED) is 0.771. The van der Waals surface area contributed by atoms with Crippen molar-refractivity contribution in [2.45, 2.75) is 38.4 Å². The van der Waals surface area contributed by atoms with Crippen molar-refractivity contribution < 1.29 is 22.4 Å². The smallest absolute Gasteiger partial charge is 0.335 e. The van der Waals surface area contributed by atoms with Crippen LogP contribution < -0.4 is 0 Å². The van der Waals surface area contributed by atoms with E-state index in [9.17, 15) is 22.4 Å². The van der Waals surface area contributed by atoms with E-state index in [1.54, 1.807) is 12.1 Å². The van der Waals surface area contributed by atoms with E-state index in [0.717, 1.165) is 0 Å². The van der Waals surface area contributed by atoms with E-state index in [4.69, 9.17) is 0 Å². The lowest BCUT2D eigenvalue weighted by Gasteiger charge is -2.25. The first kappa shape index (κ1) is 15.8. The second-order valence-corrected chi connectivity index (χ2v) is 5.57. The Morgan fingerprint density at radius 3 is 2.71 bits per heavy atom. The highest BCUT2D eigenvalue weighted by molar-refractivity contribution is 5.77. The van der Waals surface area contributed by atoms with Crippen molar-refractivity contribution in [3.63, 3.8) is 0 Å². The van der Waals surface area contributed by atoms with Gasteiger partial charge in [-0.15, -0.1) is 0 Å². The summed E-state index contributed by atoms with van der Waals surface area (Å²) in [5, 5.41) is 0. The highest BCUT2D eigenvalue weighted by Crippen LogP contribution is 2.36. The van der Waals surface area contributed by atoms with Crippen LogP contribution in [0.3, 0.4) is 0 Å². The molecule has 6 heteroatoms. The van der Waals surface area contributed by atoms with Crippen LogP contribution in [0.25, 0.3) is 0 Å². The van der Waals surface area contributed by atoms with Crippen LogP contribution in [-0.2, 0) is 4.79 Å². The third-order valence-electron chi connectivity index (χ3n) is 3.69. The molecule has 2 unspecified atom stereocenters. The van der Waals surface area contributed by atoms with Gasteiger partial charge in [-0.1, -0.05) is 19.1 Å². The van der Waals surface area contributed by atoms with Crippen LogP contribution in [0, 0.1) is 11.7 Å². The molecule has 1 aliphatic heterocycles. The fourth-order valence-electron chi connectivity index (χ4n) is 2.74. The predicted molar refractivity (Wildman–Crippen MR) is 69.9 cm³/mol. The lowest BCUT2D eigenvalue weighted by Crippen LogP contribution is -2.31. The van der Waals surface area contributed by atoms with E-state index in [1.807, 2.05) is 6.92 Å². The summed E-state index contributed by atoms with van der Waals surface area (Å²) in [6, 6.07) is 5.56. The summed E-state index contributed by atoms with van der Waals surface area (Å²) in [5.74, 6) is -0.742. The first-order chi connectivity index (χ1) is 9.76. The summed E-state index contributed by atoms with van der Waals surface area (Å²) >= 11 is 0. The van der Waals surface area contributed by atoms with Gasteiger partial charge in [-0.05, 0) is 30.0 Å². The molecule has 0 radical (unpaired) electrons. The number of alkyl halides is 3. The number of nitrogens with zero attached hydrogens (tertiary/aromatic N) is 1. The third-order valence-corrected chi connectivity index (χ3v) is 3.69. The summed E-state index contributed by atoms with van der Waals surface area (Å²) in [6.45, 7) is 2.35. The second kappa shape index (κ2) is 6.03. The van der Waals surface area contributed by atoms with E-state index in [1.165, 1.54) is 17.0 Å². The SMILES string of the molecule is CC1CC(c2cccc(F)c2)N(C(=O)CCC(F)(F)F)C1. The number of hydrogen-bond donors (Lipinski definition) is 0. The van der Waals surface area contributed by atoms with Gasteiger partial charge < -0.3 is 4.90 Å². The minimum Gasteiger partial charge on any atom is -0.335 e. The minimum atomic E-state index is -4.34. The molecule has 1 heterocycles. The molecule has 0 N–H and O–H groups in total. The maximum atomic E-state index is 13.3. The van der Waals surface area contributed by atoms with Crippen LogP contribution in [0.15, 0.2) is 24.3 Å². The van der Waals surface area contributed by atoms with Crippen LogP contribution in [0.5, 0.6) is 0 Å². The molecule has 1 saturated heterocycles. The monoisotopic (exact) mass is 303 g/mol. The molecule has 0 saturated carbocycles. The molecule has 0 aliphatic carbocycles. The maximum Gasteiger partial charge on any atom is 0.389 e. The number of carbonyl (C=O) groups is 1. The summed E-state index contributed by atoms with van der Waals surface area (Å²) in [7, 11) is 0. The van der Waals surface area contributed by atoms with Crippen molar-refractivity contribution in [2.24, 2.45) is 5.92 Å². The zero-order valence-electron chi connectivity index (χ0n) is 11.7. The van der Waals surface area contributed by atoms with Gasteiger partial charge in [-0.25, -0.2) is 4.39 Å². The maximum absolute atomic E-state index is 13.3. The molecular formula is C15H17F4NO. The van der Waals surface area contributed by atoms with Crippen molar-refractivity contribution >= 4 is 5.91 Å². The topological polar surface area (TPSA) is 20.3 Å². The van der Waals surface area contributed by atoms with E-state index >= 15 is 0 Å². The van der Waals surface area contributed by atoms with Gasteiger partial charge in [0.05, 0.1) is 12.5 Å². The van der Waals surface area contributed by atoms with Crippen LogP contribution >= 0.6 is 0 Å². The van der Waals surface area contributed by atoms with Gasteiger partial charge in [0.1, 0.15) is 5.82 Å². The normalized spacial score (nSPS) is 22.6. The van der Waals surface area contributed by atoms with Crippen LogP contribution in [-0.4, -0.2) is 23.5 Å². The molecule has 21 heavy (non-hydrogen) atoms. The molecule has 1 aromatic carbocycles. The molecule has 1 fully saturated rings. The zero-order chi connectivity index (χ0) is 15.6. The Balaban J connectivity index is 2.11. The average molecular weight is 303 g/mol. The van der Waals surface area contributed by atoms with E-state index in [0.29, 0.717) is 18.5 Å². The highest BCUT2D eigenvalue weighted by Gasteiger charge is 2.36. The van der Waals surface area contributed by atoms with Gasteiger partial charge in [0.2, 0.25) is 5.91 Å². The summed E-state index contributed by atoms with van der Waals surface area (Å²) in [4.78, 5) is 13.5. The molecule has 116 valence electrons. The van der Waals surface area contributed by atoms with Gasteiger partial charge in [0, 0.05) is 13.0 Å². The average Bonchev–Trinajstić information content (AvgIpc) is 2.77. The largest absolute Gasteiger partial charge is 0.389 e. The molecule has 2 nitrogen and oxygen atoms in total. The fraction of sp³-hybridized carbons (Fsp3) is 0.533. The highest BCUT2D eigenvalue weighted by atomic mass is 19.4. The number of carbonyl (C=O) groups excluding carboxylic acids is 1. The first-order valence-electron chi connectivity index (χ1n) is 6.88. The van der Waals surface area contributed by atoms with Crippen molar-refractivity contribution in [1.29, 1.82) is 0 Å². The number of halogens is 4. The van der Waals surface area contributed by atoms with E-state index in [2.05, 4.69) is 0 Å². The third kappa shape index (κ3) is 4.19. The Kier molecular flexibility index (Phi) is 4.54. The van der Waals surface area contributed by atoms with E-state index in [-0.39, 0.29) is 12.0 Å². The van der Waals surface area contributed by atoms with Crippen molar-refractivity contribution in [1.82, 2.24) is 4.90 Å². The molecule has 0 spiro atoms. The number of benzene rings is 1. The summed E-state index contributed by atoms with van der Waals surface area (Å²) in [5.41, 5.74) is 0.639. The van der Waals surface area contributed by atoms with Crippen molar-refractivity contribution in [3.05, 3.63) is 35.6 Å². The fourth-order valence-corrected chi connectivity index (χ4v) is 2.74. The van der Waals surface area contributed by atoms with Crippen LogP contribution in [0.1, 0.15) is 37.8 Å². The molecule has 1 aromatic rings. The Bertz CT molecular complexity index is 515. The summed E-state index contributed by atoms with van der Waals surface area (Å²) in [6.07, 6.45) is -5.37. The molecule has 0 aromatic heterocycles. The number of amides is 1. The molecule has 2 rings (SSSR count). The van der Waals surface area contributed by atoms with Gasteiger partial charge in [0.25, 0.3) is 0 Å². The van der Waals surface area contributed by atoms with Crippen LogP contribution in [0.4, 0.5) is 17.6 Å². The van der Waals surface area contributed by atoms with Crippen molar-refractivity contribution in [3.8, 4) is 0 Å². The molecular weight excluding hydrogens is 286 g/mol. The minimum absolute atomic E-state index is 0.188. The molecule has 1 amide bonds. The Morgan fingerprint density at radius 2 is 2.10 bits per heavy atom. The number of likely N-dealkylation sites (tertiary alicyclic amines) is 1. The standard InChI is InChI=1S/C15H17F4NO/c1-10-7-13(11-3-2-4-12(16)8-11)20(9-10)14(21)5-6-15(17,18)19/h2-4,8,10,13H,5-7,9H2,1H3. The lowest BCUT2D eigenvalue weighted by molar-refractivity contribution is -0.149. The molecule has 1 aliphatic rings. The number of hydrogen-bond acceptors (Lipinski definition) is 1. The van der Waals surface area contributed by atoms with Gasteiger partial charge in [0.15, 0.2) is 0 Å². The second-order valence-electron chi connectivity index (χ2n) is 5.57. The summed E-state index contributed by atoms with van der Waals surface area (Å²) < 4.78 is 50.0. The van der Waals surface area contributed by atoms with Crippen LogP contribution in [0.2, 0.25) is 0 Å². The predicted octanol–water partition coefficient (Wildman–Crippen LogP) is 4.08. The Labute approximate surface area is 120 Å². The van der Waals surface area contributed by atoms with E-state index < -0.39 is 30.7 Å².